The fourth-order valence-corrected chi connectivity index (χ4v) is 8.51. The van der Waals surface area contributed by atoms with Gasteiger partial charge in [0.1, 0.15) is 11.1 Å². The number of nitrogens with one attached hydrogen (secondary N) is 2. The first-order valence-corrected chi connectivity index (χ1v) is 16.2. The molecule has 0 fully saturated rings. The number of rotatable bonds is 5. The van der Waals surface area contributed by atoms with E-state index >= 15 is 0 Å². The molecule has 4 bridgehead atoms. The number of H-pyrrole nitrogens is 2. The first kappa shape index (κ1) is 29.8. The molecule has 4 aliphatic carbocycles. The monoisotopic (exact) mass is 608 g/mol. The summed E-state index contributed by atoms with van der Waals surface area (Å²) in [6.07, 6.45) is 20.2. The van der Waals surface area contributed by atoms with Crippen molar-refractivity contribution in [3.63, 3.8) is 0 Å². The van der Waals surface area contributed by atoms with Crippen molar-refractivity contribution in [3.8, 4) is 0 Å². The van der Waals surface area contributed by atoms with Crippen LogP contribution in [0.15, 0.2) is 121 Å². The summed E-state index contributed by atoms with van der Waals surface area (Å²) in [4.78, 5) is 41.0. The van der Waals surface area contributed by atoms with Crippen LogP contribution in [0.1, 0.15) is 74.2 Å². The Kier molecular flexibility index (Phi) is 7.47. The quantitative estimate of drug-likeness (QED) is 0.235. The molecule has 4 atom stereocenters. The van der Waals surface area contributed by atoms with E-state index in [1.54, 1.807) is 12.1 Å². The Labute approximate surface area is 269 Å². The molecule has 232 valence electrons. The summed E-state index contributed by atoms with van der Waals surface area (Å²) in [5, 5.41) is 0. The van der Waals surface area contributed by atoms with Crippen LogP contribution in [0.2, 0.25) is 0 Å². The molecule has 4 aliphatic rings. The van der Waals surface area contributed by atoms with E-state index in [1.165, 1.54) is 22.3 Å². The summed E-state index contributed by atoms with van der Waals surface area (Å²) >= 11 is 0. The number of pyridine rings is 2. The minimum atomic E-state index is -0.507. The molecule has 1 aromatic carbocycles. The molecular weight excluding hydrogens is 568 g/mol. The van der Waals surface area contributed by atoms with Crippen molar-refractivity contribution >= 4 is 18.5 Å². The molecule has 0 amide bonds. The zero-order valence-corrected chi connectivity index (χ0v) is 26.9. The number of hydrogen-bond donors (Lipinski definition) is 2. The third kappa shape index (κ3) is 4.97. The number of aromatic amines is 2. The summed E-state index contributed by atoms with van der Waals surface area (Å²) in [7, 11) is 0. The first-order valence-electron chi connectivity index (χ1n) is 16.2. The predicted molar refractivity (Wildman–Crippen MR) is 188 cm³/mol. The van der Waals surface area contributed by atoms with Crippen LogP contribution in [0.5, 0.6) is 0 Å². The number of aromatic nitrogens is 2. The molecule has 46 heavy (non-hydrogen) atoms. The highest BCUT2D eigenvalue weighted by molar-refractivity contribution is 5.83. The molecular formula is C40H40N4O2. The van der Waals surface area contributed by atoms with Gasteiger partial charge in [0.05, 0.1) is 0 Å². The lowest BCUT2D eigenvalue weighted by Crippen LogP contribution is -2.40. The van der Waals surface area contributed by atoms with E-state index in [9.17, 15) is 9.59 Å². The minimum absolute atomic E-state index is 0.0639. The fourth-order valence-electron chi connectivity index (χ4n) is 8.51. The molecule has 0 radical (unpaired) electrons. The van der Waals surface area contributed by atoms with E-state index in [1.807, 2.05) is 30.6 Å². The van der Waals surface area contributed by atoms with Crippen LogP contribution in [-0.4, -0.2) is 22.4 Å². The standard InChI is InChI=1S/C40H40N4O2/c1-5-31-29-18-25(3)22-39(31,33-13-15-37(45)43-35(33)20-29)41-17-7-8-27-9-11-28(12-10-27)24-42-40-23-26(4)19-30(32(40)6-2)21-36-34(40)14-16-38(46)44-36/h5-19,24,29-30H,20-23H2,1-4H3,(H,43,45)(H,44,46). The van der Waals surface area contributed by atoms with Crippen molar-refractivity contribution in [3.05, 3.63) is 156 Å². The summed E-state index contributed by atoms with van der Waals surface area (Å²) < 4.78 is 0. The average Bonchev–Trinajstić information content (AvgIpc) is 3.01. The maximum Gasteiger partial charge on any atom is 0.248 e. The topological polar surface area (TPSA) is 90.4 Å². The second-order valence-corrected chi connectivity index (χ2v) is 13.2. The minimum Gasteiger partial charge on any atom is -0.326 e. The Morgan fingerprint density at radius 1 is 0.696 bits per heavy atom. The van der Waals surface area contributed by atoms with Gasteiger partial charge in [-0.25, -0.2) is 0 Å². The molecule has 2 aromatic heterocycles. The van der Waals surface area contributed by atoms with Gasteiger partial charge < -0.3 is 9.97 Å². The third-order valence-electron chi connectivity index (χ3n) is 10.2. The van der Waals surface area contributed by atoms with Crippen LogP contribution >= 0.6 is 0 Å². The SMILES string of the molecule is CC=C1C2C=C(C)CC1(N=CC=Cc1ccc(C=NC34CC(C)=CC(Cc5[nH]c(=O)ccc53)C4=CC)cc1)c1ccc(=O)[nH]c1C2. The predicted octanol–water partition coefficient (Wildman–Crippen LogP) is 7.29. The van der Waals surface area contributed by atoms with Gasteiger partial charge in [-0.3, -0.25) is 19.6 Å². The van der Waals surface area contributed by atoms with Crippen LogP contribution in [-0.2, 0) is 23.9 Å². The lowest BCUT2D eigenvalue weighted by Gasteiger charge is -2.45. The zero-order chi connectivity index (χ0) is 32.1. The Morgan fingerprint density at radius 2 is 1.20 bits per heavy atom. The van der Waals surface area contributed by atoms with Crippen molar-refractivity contribution in [2.24, 2.45) is 21.8 Å². The number of hydrogen-bond acceptors (Lipinski definition) is 4. The molecule has 3 aromatic rings. The van der Waals surface area contributed by atoms with Crippen molar-refractivity contribution < 1.29 is 0 Å². The average molecular weight is 609 g/mol. The number of fused-ring (bicyclic) bond motifs is 8. The van der Waals surface area contributed by atoms with Crippen molar-refractivity contribution in [2.45, 2.75) is 64.5 Å². The van der Waals surface area contributed by atoms with Crippen LogP contribution in [0.3, 0.4) is 0 Å². The summed E-state index contributed by atoms with van der Waals surface area (Å²) in [6, 6.07) is 15.6. The van der Waals surface area contributed by atoms with Gasteiger partial charge in [0.25, 0.3) is 0 Å². The molecule has 0 saturated carbocycles. The van der Waals surface area contributed by atoms with Crippen molar-refractivity contribution in [1.29, 1.82) is 0 Å². The van der Waals surface area contributed by atoms with Crippen LogP contribution < -0.4 is 11.1 Å². The second-order valence-electron chi connectivity index (χ2n) is 13.2. The van der Waals surface area contributed by atoms with Crippen LogP contribution in [0.4, 0.5) is 0 Å². The smallest absolute Gasteiger partial charge is 0.248 e. The van der Waals surface area contributed by atoms with Gasteiger partial charge in [-0.1, -0.05) is 65.8 Å². The second kappa shape index (κ2) is 11.5. The van der Waals surface area contributed by atoms with Crippen LogP contribution in [0, 0.1) is 11.8 Å². The molecule has 6 nitrogen and oxygen atoms in total. The van der Waals surface area contributed by atoms with Crippen molar-refractivity contribution in [2.75, 3.05) is 0 Å². The van der Waals surface area contributed by atoms with E-state index < -0.39 is 11.1 Å². The molecule has 4 unspecified atom stereocenters. The number of benzene rings is 1. The maximum atomic E-state index is 12.2. The number of allylic oxidation sites excluding steroid dienone is 5. The molecule has 0 saturated heterocycles. The summed E-state index contributed by atoms with van der Waals surface area (Å²) in [6.45, 7) is 8.55. The lowest BCUT2D eigenvalue weighted by atomic mass is 9.63. The van der Waals surface area contributed by atoms with Gasteiger partial charge >= 0.3 is 0 Å². The van der Waals surface area contributed by atoms with Gasteiger partial charge in [-0.15, -0.1) is 0 Å². The highest BCUT2D eigenvalue weighted by atomic mass is 16.1. The normalized spacial score (nSPS) is 28.5. The Morgan fingerprint density at radius 3 is 1.72 bits per heavy atom. The van der Waals surface area contributed by atoms with E-state index in [0.717, 1.165) is 59.3 Å². The van der Waals surface area contributed by atoms with E-state index in [4.69, 9.17) is 9.98 Å². The molecule has 6 heteroatoms. The summed E-state index contributed by atoms with van der Waals surface area (Å²) in [5.74, 6) is 0.481. The molecule has 2 N–H and O–H groups in total. The third-order valence-corrected chi connectivity index (χ3v) is 10.2. The lowest BCUT2D eigenvalue weighted by molar-refractivity contribution is 0.413. The van der Waals surface area contributed by atoms with Gasteiger partial charge in [0.2, 0.25) is 11.1 Å². The Bertz CT molecular complexity index is 2050. The van der Waals surface area contributed by atoms with E-state index in [-0.39, 0.29) is 23.0 Å². The molecule has 7 rings (SSSR count). The Hall–Kier alpha value is -4.84. The first-order chi connectivity index (χ1) is 22.2. The highest BCUT2D eigenvalue weighted by Gasteiger charge is 2.47. The van der Waals surface area contributed by atoms with E-state index in [0.29, 0.717) is 0 Å². The highest BCUT2D eigenvalue weighted by Crippen LogP contribution is 2.53. The molecule has 0 spiro atoms. The largest absolute Gasteiger partial charge is 0.326 e. The molecule has 2 heterocycles. The zero-order valence-electron chi connectivity index (χ0n) is 26.9. The fraction of sp³-hybridized carbons (Fsp3) is 0.300. The summed E-state index contributed by atoms with van der Waals surface area (Å²) in [5.41, 5.74) is 10.4. The van der Waals surface area contributed by atoms with Crippen LogP contribution in [0.25, 0.3) is 6.08 Å². The van der Waals surface area contributed by atoms with Gasteiger partial charge in [-0.05, 0) is 81.0 Å². The number of aliphatic imine (C=N–C) groups is 2. The maximum absolute atomic E-state index is 12.2. The van der Waals surface area contributed by atoms with Gasteiger partial charge in [0.15, 0.2) is 0 Å². The van der Waals surface area contributed by atoms with Gasteiger partial charge in [-0.2, -0.15) is 0 Å². The van der Waals surface area contributed by atoms with Gasteiger partial charge in [0, 0.05) is 71.8 Å². The number of nitrogens with zero attached hydrogens (tertiary/aromatic N) is 2. The van der Waals surface area contributed by atoms with E-state index in [2.05, 4.69) is 92.3 Å². The van der Waals surface area contributed by atoms with Crippen molar-refractivity contribution in [1.82, 2.24) is 9.97 Å². The Balaban J connectivity index is 1.15. The molecule has 0 aliphatic heterocycles.